The quantitative estimate of drug-likeness (QED) is 0.162. The van der Waals surface area contributed by atoms with E-state index in [4.69, 9.17) is 0 Å². The zero-order chi connectivity index (χ0) is 38.1. The third-order valence-corrected chi connectivity index (χ3v) is 15.5. The van der Waals surface area contributed by atoms with Gasteiger partial charge in [0.25, 0.3) is 0 Å². The first-order valence-electron chi connectivity index (χ1n) is 21.2. The minimum absolute atomic E-state index is 0.0274. The van der Waals surface area contributed by atoms with Gasteiger partial charge in [0.2, 0.25) is 0 Å². The molecule has 0 spiro atoms. The molecule has 0 saturated carbocycles. The van der Waals surface area contributed by atoms with Gasteiger partial charge in [0.05, 0.1) is 5.92 Å². The first-order chi connectivity index (χ1) is 22.8. The van der Waals surface area contributed by atoms with Crippen molar-refractivity contribution in [2.24, 2.45) is 35.5 Å². The van der Waals surface area contributed by atoms with Crippen molar-refractivity contribution in [2.45, 2.75) is 226 Å². The van der Waals surface area contributed by atoms with E-state index in [0.29, 0.717) is 23.7 Å². The van der Waals surface area contributed by atoms with E-state index in [-0.39, 0.29) is 45.1 Å². The fourth-order valence-electron chi connectivity index (χ4n) is 12.2. The van der Waals surface area contributed by atoms with E-state index in [9.17, 15) is 9.90 Å². The maximum Gasteiger partial charge on any atom is 0.306 e. The van der Waals surface area contributed by atoms with Crippen molar-refractivity contribution in [3.8, 4) is 0 Å². The number of carboxylic acids is 1. The van der Waals surface area contributed by atoms with Crippen LogP contribution in [0.3, 0.4) is 0 Å². The first-order valence-corrected chi connectivity index (χ1v) is 21.2. The van der Waals surface area contributed by atoms with Gasteiger partial charge in [-0.2, -0.15) is 0 Å². The summed E-state index contributed by atoms with van der Waals surface area (Å²) in [4.78, 5) is 21.7. The third-order valence-electron chi connectivity index (χ3n) is 15.5. The summed E-state index contributed by atoms with van der Waals surface area (Å²) >= 11 is 0. The lowest BCUT2D eigenvalue weighted by Crippen LogP contribution is -2.62. The summed E-state index contributed by atoms with van der Waals surface area (Å²) in [6, 6.07) is 0. The van der Waals surface area contributed by atoms with Gasteiger partial charge in [0, 0.05) is 33.2 Å². The number of rotatable bonds is 16. The Bertz CT molecular complexity index is 1040. The maximum absolute atomic E-state index is 13.8. The molecule has 3 atom stereocenters. The van der Waals surface area contributed by atoms with E-state index in [1.165, 1.54) is 64.2 Å². The monoisotopic (exact) mass is 702 g/mol. The van der Waals surface area contributed by atoms with E-state index in [2.05, 4.69) is 126 Å². The summed E-state index contributed by atoms with van der Waals surface area (Å²) in [5.41, 5.74) is 0.446. The van der Waals surface area contributed by atoms with E-state index in [1.807, 2.05) is 0 Å². The summed E-state index contributed by atoms with van der Waals surface area (Å²) in [7, 11) is 6.96. The Kier molecular flexibility index (Phi) is 14.3. The Hall–Kier alpha value is -0.650. The molecule has 3 aliphatic heterocycles. The van der Waals surface area contributed by atoms with Crippen LogP contribution in [0.2, 0.25) is 0 Å². The Labute approximate surface area is 312 Å². The van der Waals surface area contributed by atoms with Gasteiger partial charge < -0.3 is 5.11 Å². The summed E-state index contributed by atoms with van der Waals surface area (Å²) in [5.74, 6) is 1.30. The SMILES string of the molecule is CCCCCCCCCCC(C(=O)O)C(C1CC(C)(C)N(C)C(C)(C)C1)C(CC1CC(C)(C)N(C)C(C)(C)C1)C1CC(C)(C)N(C)C(C)(C)C1. The zero-order valence-electron chi connectivity index (χ0n) is 36.5. The predicted molar refractivity (Wildman–Crippen MR) is 216 cm³/mol. The number of unbranched alkanes of at least 4 members (excludes halogenated alkanes) is 7. The number of aliphatic carboxylic acids is 1. The maximum atomic E-state index is 13.8. The molecular weight excluding hydrogens is 615 g/mol. The molecule has 3 rings (SSSR count). The molecule has 0 aromatic heterocycles. The van der Waals surface area contributed by atoms with Crippen LogP contribution in [0.15, 0.2) is 0 Å². The highest BCUT2D eigenvalue weighted by molar-refractivity contribution is 5.70. The first kappa shape index (κ1) is 43.8. The molecule has 0 aliphatic carbocycles. The Morgan fingerprint density at radius 1 is 0.560 bits per heavy atom. The average molecular weight is 702 g/mol. The fraction of sp³-hybridized carbons (Fsp3) is 0.978. The average Bonchev–Trinajstić information content (AvgIpc) is 2.96. The van der Waals surface area contributed by atoms with Crippen molar-refractivity contribution in [3.05, 3.63) is 0 Å². The molecule has 5 heteroatoms. The number of nitrogens with zero attached hydrogens (tertiary/aromatic N) is 3. The topological polar surface area (TPSA) is 47.0 Å². The number of piperidine rings is 3. The fourth-order valence-corrected chi connectivity index (χ4v) is 12.2. The molecule has 3 fully saturated rings. The number of carbonyl (C=O) groups is 1. The largest absolute Gasteiger partial charge is 0.481 e. The van der Waals surface area contributed by atoms with Crippen LogP contribution in [-0.2, 0) is 4.79 Å². The van der Waals surface area contributed by atoms with Crippen LogP contribution in [0, 0.1) is 35.5 Å². The Morgan fingerprint density at radius 2 is 0.900 bits per heavy atom. The van der Waals surface area contributed by atoms with Gasteiger partial charge in [-0.05, 0) is 185 Å². The molecular formula is C45H87N3O2. The third kappa shape index (κ3) is 10.3. The molecule has 0 aromatic carbocycles. The molecule has 0 bridgehead atoms. The second kappa shape index (κ2) is 16.4. The molecule has 294 valence electrons. The van der Waals surface area contributed by atoms with Gasteiger partial charge in [0.15, 0.2) is 0 Å². The van der Waals surface area contributed by atoms with Crippen molar-refractivity contribution < 1.29 is 9.90 Å². The minimum Gasteiger partial charge on any atom is -0.481 e. The summed E-state index contributed by atoms with van der Waals surface area (Å²) in [5, 5.41) is 11.4. The minimum atomic E-state index is -0.520. The molecule has 3 saturated heterocycles. The van der Waals surface area contributed by atoms with Crippen LogP contribution >= 0.6 is 0 Å². The van der Waals surface area contributed by atoms with E-state index in [1.54, 1.807) is 0 Å². The molecule has 5 nitrogen and oxygen atoms in total. The Balaban J connectivity index is 2.12. The summed E-state index contributed by atoms with van der Waals surface area (Å²) in [6.07, 6.45) is 18.9. The van der Waals surface area contributed by atoms with Crippen LogP contribution in [-0.4, -0.2) is 80.2 Å². The summed E-state index contributed by atoms with van der Waals surface area (Å²) < 4.78 is 0. The van der Waals surface area contributed by atoms with Gasteiger partial charge in [-0.3, -0.25) is 19.5 Å². The van der Waals surface area contributed by atoms with Crippen LogP contribution in [0.5, 0.6) is 0 Å². The van der Waals surface area contributed by atoms with Crippen LogP contribution < -0.4 is 0 Å². The van der Waals surface area contributed by atoms with Crippen LogP contribution in [0.4, 0.5) is 0 Å². The van der Waals surface area contributed by atoms with E-state index < -0.39 is 5.97 Å². The van der Waals surface area contributed by atoms with Crippen molar-refractivity contribution in [1.82, 2.24) is 14.7 Å². The number of hydrogen-bond acceptors (Lipinski definition) is 4. The van der Waals surface area contributed by atoms with Crippen molar-refractivity contribution in [3.63, 3.8) is 0 Å². The standard InChI is InChI=1S/C45H87N3O2/c1-17-18-19-20-21-22-23-24-25-36(39(49)50)38(35-31-44(10,11)48(16)45(12,13)32-35)37(34-29-42(6,7)47(15)43(8,9)30-34)26-33-27-40(2,3)46(14)41(4,5)28-33/h33-38H,17-32H2,1-16H3,(H,49,50). The zero-order valence-corrected chi connectivity index (χ0v) is 36.5. The van der Waals surface area contributed by atoms with Crippen LogP contribution in [0.25, 0.3) is 0 Å². The molecule has 3 heterocycles. The van der Waals surface area contributed by atoms with Gasteiger partial charge >= 0.3 is 5.97 Å². The summed E-state index contributed by atoms with van der Waals surface area (Å²) in [6.45, 7) is 31.5. The van der Waals surface area contributed by atoms with Crippen LogP contribution in [0.1, 0.15) is 193 Å². The van der Waals surface area contributed by atoms with E-state index >= 15 is 0 Å². The molecule has 1 N–H and O–H groups in total. The van der Waals surface area contributed by atoms with Gasteiger partial charge in [-0.1, -0.05) is 58.3 Å². The predicted octanol–water partition coefficient (Wildman–Crippen LogP) is 11.5. The molecule has 0 amide bonds. The Morgan fingerprint density at radius 3 is 1.28 bits per heavy atom. The molecule has 3 unspecified atom stereocenters. The number of hydrogen-bond donors (Lipinski definition) is 1. The van der Waals surface area contributed by atoms with Gasteiger partial charge in [-0.25, -0.2) is 0 Å². The van der Waals surface area contributed by atoms with Gasteiger partial charge in [0.1, 0.15) is 0 Å². The van der Waals surface area contributed by atoms with E-state index in [0.717, 1.165) is 38.5 Å². The highest BCUT2D eigenvalue weighted by Gasteiger charge is 2.54. The van der Waals surface area contributed by atoms with Crippen molar-refractivity contribution >= 4 is 5.97 Å². The van der Waals surface area contributed by atoms with Gasteiger partial charge in [-0.15, -0.1) is 0 Å². The highest BCUT2D eigenvalue weighted by Crippen LogP contribution is 2.55. The van der Waals surface area contributed by atoms with Crippen molar-refractivity contribution in [1.29, 1.82) is 0 Å². The normalized spacial score (nSPS) is 27.9. The lowest BCUT2D eigenvalue weighted by Gasteiger charge is -2.60. The molecule has 50 heavy (non-hydrogen) atoms. The molecule has 3 aliphatic rings. The number of likely N-dealkylation sites (tertiary alicyclic amines) is 3. The second-order valence-corrected chi connectivity index (χ2v) is 21.8. The molecule has 0 aromatic rings. The second-order valence-electron chi connectivity index (χ2n) is 21.8. The highest BCUT2D eigenvalue weighted by atomic mass is 16.4. The lowest BCUT2D eigenvalue weighted by molar-refractivity contribution is -0.152. The molecule has 0 radical (unpaired) electrons. The number of carboxylic acid groups (broad SMARTS) is 1. The van der Waals surface area contributed by atoms with Crippen molar-refractivity contribution in [2.75, 3.05) is 21.1 Å². The smallest absolute Gasteiger partial charge is 0.306 e. The lowest BCUT2D eigenvalue weighted by atomic mass is 9.55.